The number of nitrogens with zero attached hydrogens (tertiary/aromatic N) is 2. The molecule has 0 radical (unpaired) electrons. The Labute approximate surface area is 138 Å². The van der Waals surface area contributed by atoms with Crippen LogP contribution in [0.2, 0.25) is 0 Å². The van der Waals surface area contributed by atoms with Gasteiger partial charge >= 0.3 is 0 Å². The van der Waals surface area contributed by atoms with E-state index in [0.29, 0.717) is 0 Å². The Morgan fingerprint density at radius 1 is 1.26 bits per heavy atom. The summed E-state index contributed by atoms with van der Waals surface area (Å²) in [5, 5.41) is 5.54. The number of aryl methyl sites for hydroxylation is 2. The Hall–Kier alpha value is -1.55. The fourth-order valence-corrected chi connectivity index (χ4v) is 3.64. The van der Waals surface area contributed by atoms with Gasteiger partial charge < -0.3 is 14.2 Å². The number of hydrogen-bond acceptors (Lipinski definition) is 4. The van der Waals surface area contributed by atoms with Crippen molar-refractivity contribution in [2.75, 3.05) is 27.2 Å². The topological polar surface area (TPSA) is 38.5 Å². The van der Waals surface area contributed by atoms with Crippen molar-refractivity contribution in [2.45, 2.75) is 45.4 Å². The number of rotatable bonds is 6. The van der Waals surface area contributed by atoms with Crippen molar-refractivity contribution in [1.29, 1.82) is 0 Å². The Morgan fingerprint density at radius 2 is 2.04 bits per heavy atom. The largest absolute Gasteiger partial charge is 0.496 e. The summed E-state index contributed by atoms with van der Waals surface area (Å²) < 4.78 is 11.2. The summed E-state index contributed by atoms with van der Waals surface area (Å²) in [5.41, 5.74) is 3.19. The lowest BCUT2D eigenvalue weighted by Gasteiger charge is -2.28. The number of aromatic nitrogens is 1. The van der Waals surface area contributed by atoms with Crippen molar-refractivity contribution in [3.63, 3.8) is 0 Å². The summed E-state index contributed by atoms with van der Waals surface area (Å²) in [4.78, 5) is 2.42. The van der Waals surface area contributed by atoms with Gasteiger partial charge in [-0.1, -0.05) is 18.5 Å². The number of methoxy groups -OCH3 is 1. The van der Waals surface area contributed by atoms with Crippen LogP contribution < -0.4 is 4.74 Å². The average molecular weight is 316 g/mol. The number of piperidine rings is 1. The monoisotopic (exact) mass is 316 g/mol. The van der Waals surface area contributed by atoms with Crippen LogP contribution in [-0.2, 0) is 12.8 Å². The molecule has 126 valence electrons. The smallest absolute Gasteiger partial charge is 0.174 e. The zero-order chi connectivity index (χ0) is 16.2. The van der Waals surface area contributed by atoms with Crippen molar-refractivity contribution >= 4 is 11.0 Å². The fraction of sp³-hybridized carbons (Fsp3) is 0.632. The second-order valence-electron chi connectivity index (χ2n) is 6.79. The van der Waals surface area contributed by atoms with Gasteiger partial charge in [-0.3, -0.25) is 0 Å². The molecular formula is C19H28N2O2. The predicted molar refractivity (Wildman–Crippen MR) is 93.1 cm³/mol. The summed E-state index contributed by atoms with van der Waals surface area (Å²) in [7, 11) is 3.93. The van der Waals surface area contributed by atoms with Crippen molar-refractivity contribution in [3.8, 4) is 5.75 Å². The van der Waals surface area contributed by atoms with E-state index in [9.17, 15) is 0 Å². The van der Waals surface area contributed by atoms with E-state index >= 15 is 0 Å². The molecule has 0 aliphatic carbocycles. The first kappa shape index (κ1) is 16.3. The van der Waals surface area contributed by atoms with Crippen LogP contribution in [0.25, 0.3) is 11.0 Å². The Balaban J connectivity index is 1.75. The number of benzene rings is 1. The van der Waals surface area contributed by atoms with Crippen LogP contribution in [0, 0.1) is 5.92 Å². The molecule has 0 bridgehead atoms. The molecule has 1 aliphatic heterocycles. The predicted octanol–water partition coefficient (Wildman–Crippen LogP) is 4.06. The molecule has 3 rings (SSSR count). The van der Waals surface area contributed by atoms with E-state index in [1.165, 1.54) is 37.7 Å². The zero-order valence-corrected chi connectivity index (χ0v) is 14.6. The molecule has 0 saturated carbocycles. The van der Waals surface area contributed by atoms with Gasteiger partial charge in [-0.2, -0.15) is 0 Å². The molecule has 1 aromatic heterocycles. The van der Waals surface area contributed by atoms with Gasteiger partial charge in [0.1, 0.15) is 5.75 Å². The van der Waals surface area contributed by atoms with Gasteiger partial charge in [-0.05, 0) is 70.3 Å². The van der Waals surface area contributed by atoms with Crippen LogP contribution in [-0.4, -0.2) is 37.3 Å². The molecule has 4 nitrogen and oxygen atoms in total. The maximum atomic E-state index is 5.69. The Kier molecular flexibility index (Phi) is 5.21. The third kappa shape index (κ3) is 3.52. The van der Waals surface area contributed by atoms with Crippen LogP contribution in [0.5, 0.6) is 5.75 Å². The minimum atomic E-state index is 0.825. The second-order valence-corrected chi connectivity index (χ2v) is 6.79. The fourth-order valence-electron chi connectivity index (χ4n) is 3.64. The zero-order valence-electron chi connectivity index (χ0n) is 14.6. The lowest BCUT2D eigenvalue weighted by atomic mass is 9.91. The molecule has 0 N–H and O–H groups in total. The highest BCUT2D eigenvalue weighted by atomic mass is 16.5. The number of fused-ring (bicyclic) bond motifs is 1. The van der Waals surface area contributed by atoms with E-state index in [1.54, 1.807) is 7.11 Å². The van der Waals surface area contributed by atoms with E-state index in [0.717, 1.165) is 47.8 Å². The first-order valence-corrected chi connectivity index (χ1v) is 8.85. The first-order valence-electron chi connectivity index (χ1n) is 8.85. The molecule has 1 fully saturated rings. The molecular weight excluding hydrogens is 288 g/mol. The molecule has 4 heteroatoms. The van der Waals surface area contributed by atoms with Crippen molar-refractivity contribution in [2.24, 2.45) is 5.92 Å². The highest BCUT2D eigenvalue weighted by molar-refractivity contribution is 5.84. The summed E-state index contributed by atoms with van der Waals surface area (Å²) in [6, 6.07) is 4.16. The summed E-state index contributed by atoms with van der Waals surface area (Å²) in [6.07, 6.45) is 6.87. The minimum Gasteiger partial charge on any atom is -0.496 e. The normalized spacial score (nSPS) is 17.0. The quantitative estimate of drug-likeness (QED) is 0.805. The SMILES string of the molecule is CCCc1c(OC)ccc2c(CCC3CCN(C)CC3)noc12. The molecule has 0 atom stereocenters. The molecule has 1 aromatic carbocycles. The maximum absolute atomic E-state index is 5.69. The van der Waals surface area contributed by atoms with E-state index < -0.39 is 0 Å². The Bertz CT molecular complexity index is 642. The van der Waals surface area contributed by atoms with Crippen molar-refractivity contribution in [3.05, 3.63) is 23.4 Å². The van der Waals surface area contributed by atoms with E-state index in [2.05, 4.69) is 36.2 Å². The lowest BCUT2D eigenvalue weighted by molar-refractivity contribution is 0.212. The van der Waals surface area contributed by atoms with Gasteiger partial charge in [0.15, 0.2) is 5.58 Å². The third-order valence-corrected chi connectivity index (χ3v) is 5.12. The first-order chi connectivity index (χ1) is 11.2. The van der Waals surface area contributed by atoms with E-state index in [-0.39, 0.29) is 0 Å². The van der Waals surface area contributed by atoms with Gasteiger partial charge in [0, 0.05) is 10.9 Å². The molecule has 23 heavy (non-hydrogen) atoms. The van der Waals surface area contributed by atoms with Gasteiger partial charge in [0.2, 0.25) is 0 Å². The van der Waals surface area contributed by atoms with Crippen LogP contribution in [0.4, 0.5) is 0 Å². The Morgan fingerprint density at radius 3 is 2.74 bits per heavy atom. The standard InChI is InChI=1S/C19H28N2O2/c1-4-5-16-18(22-3)9-7-15-17(20-23-19(15)16)8-6-14-10-12-21(2)13-11-14/h7,9,14H,4-6,8,10-13H2,1-3H3. The molecule has 0 amide bonds. The van der Waals surface area contributed by atoms with Crippen LogP contribution in [0.3, 0.4) is 0 Å². The highest BCUT2D eigenvalue weighted by Gasteiger charge is 2.19. The van der Waals surface area contributed by atoms with Crippen molar-refractivity contribution in [1.82, 2.24) is 10.1 Å². The van der Waals surface area contributed by atoms with E-state index in [4.69, 9.17) is 9.26 Å². The van der Waals surface area contributed by atoms with Crippen LogP contribution in [0.1, 0.15) is 43.9 Å². The second kappa shape index (κ2) is 7.35. The van der Waals surface area contributed by atoms with Crippen molar-refractivity contribution < 1.29 is 9.26 Å². The van der Waals surface area contributed by atoms with E-state index in [1.807, 2.05) is 0 Å². The lowest BCUT2D eigenvalue weighted by Crippen LogP contribution is -2.30. The van der Waals surface area contributed by atoms with Gasteiger partial charge in [-0.25, -0.2) is 0 Å². The molecule has 0 spiro atoms. The number of ether oxygens (including phenoxy) is 1. The van der Waals surface area contributed by atoms with Gasteiger partial charge in [0.25, 0.3) is 0 Å². The maximum Gasteiger partial charge on any atom is 0.174 e. The summed E-state index contributed by atoms with van der Waals surface area (Å²) in [6.45, 7) is 4.62. The highest BCUT2D eigenvalue weighted by Crippen LogP contribution is 2.32. The summed E-state index contributed by atoms with van der Waals surface area (Å²) in [5.74, 6) is 1.74. The molecule has 0 unspecified atom stereocenters. The summed E-state index contributed by atoms with van der Waals surface area (Å²) >= 11 is 0. The number of hydrogen-bond donors (Lipinski definition) is 0. The van der Waals surface area contributed by atoms with Gasteiger partial charge in [0.05, 0.1) is 12.8 Å². The van der Waals surface area contributed by atoms with Crippen LogP contribution in [0.15, 0.2) is 16.7 Å². The molecule has 2 heterocycles. The molecule has 1 aliphatic rings. The minimum absolute atomic E-state index is 0.825. The molecule has 1 saturated heterocycles. The molecule has 2 aromatic rings. The van der Waals surface area contributed by atoms with Crippen LogP contribution >= 0.6 is 0 Å². The average Bonchev–Trinajstić information content (AvgIpc) is 2.98. The third-order valence-electron chi connectivity index (χ3n) is 5.12. The van der Waals surface area contributed by atoms with Gasteiger partial charge in [-0.15, -0.1) is 0 Å². The number of likely N-dealkylation sites (tertiary alicyclic amines) is 1.